The molecule has 0 aromatic carbocycles. The van der Waals surface area contributed by atoms with Crippen molar-refractivity contribution in [1.82, 2.24) is 0 Å². The normalized spacial score (nSPS) is 11.4. The van der Waals surface area contributed by atoms with Crippen LogP contribution in [-0.4, -0.2) is 5.11 Å². The fourth-order valence-corrected chi connectivity index (χ4v) is 1.76. The average Bonchev–Trinajstić information content (AvgIpc) is 2.38. The lowest BCUT2D eigenvalue weighted by Gasteiger charge is -2.01. The first-order valence-corrected chi connectivity index (χ1v) is 6.94. The van der Waals surface area contributed by atoms with Gasteiger partial charge in [-0.2, -0.15) is 0 Å². The molecule has 0 atom stereocenters. The third kappa shape index (κ3) is 6.42. The molecular weight excluding hydrogens is 232 g/mol. The second-order valence-corrected chi connectivity index (χ2v) is 4.51. The van der Waals surface area contributed by atoms with Crippen LogP contribution in [0.25, 0.3) is 0 Å². The Morgan fingerprint density at radius 1 is 1.00 bits per heavy atom. The average molecular weight is 256 g/mol. The summed E-state index contributed by atoms with van der Waals surface area (Å²) < 4.78 is 13.5. The molecule has 0 saturated carbocycles. The maximum Gasteiger partial charge on any atom is 0.422 e. The Morgan fingerprint density at radius 3 is 2.22 bits per heavy atom. The molecule has 1 rings (SSSR count). The Balaban J connectivity index is 1.81. The molecule has 0 fully saturated rings. The summed E-state index contributed by atoms with van der Waals surface area (Å²) in [6.45, 7) is 2.24. The van der Waals surface area contributed by atoms with Crippen LogP contribution in [0, 0.1) is 0 Å². The van der Waals surface area contributed by atoms with Crippen LogP contribution in [0.15, 0.2) is 21.5 Å². The van der Waals surface area contributed by atoms with Crippen LogP contribution in [0.5, 0.6) is 11.9 Å². The van der Waals surface area contributed by atoms with Crippen molar-refractivity contribution >= 4 is 0 Å². The SMILES string of the molecule is CCCCCCCCCC/C=C/Oc1ooc1O. The summed E-state index contributed by atoms with van der Waals surface area (Å²) in [6, 6.07) is 0. The van der Waals surface area contributed by atoms with Gasteiger partial charge in [0, 0.05) is 0 Å². The van der Waals surface area contributed by atoms with E-state index in [0.29, 0.717) is 0 Å². The standard InChI is InChI=1S/C14H24O4/c1-2-3-4-5-6-7-8-9-10-11-12-16-14-13(15)17-18-14/h11-12,15H,2-10H2,1H3/b12-11+. The molecule has 1 aromatic rings. The van der Waals surface area contributed by atoms with E-state index in [1.165, 1.54) is 57.6 Å². The number of hydrogen-bond donors (Lipinski definition) is 1. The minimum absolute atomic E-state index is 0.0298. The third-order valence-electron chi connectivity index (χ3n) is 2.87. The van der Waals surface area contributed by atoms with Crippen molar-refractivity contribution < 1.29 is 19.0 Å². The van der Waals surface area contributed by atoms with Crippen LogP contribution < -0.4 is 4.74 Å². The van der Waals surface area contributed by atoms with Crippen molar-refractivity contribution in [2.45, 2.75) is 64.7 Å². The van der Waals surface area contributed by atoms with Gasteiger partial charge in [-0.05, 0) is 18.9 Å². The highest BCUT2D eigenvalue weighted by atomic mass is 17.0. The summed E-state index contributed by atoms with van der Waals surface area (Å²) >= 11 is 0. The second-order valence-electron chi connectivity index (χ2n) is 4.51. The lowest BCUT2D eigenvalue weighted by atomic mass is 10.1. The predicted molar refractivity (Wildman–Crippen MR) is 69.6 cm³/mol. The van der Waals surface area contributed by atoms with Gasteiger partial charge < -0.3 is 9.84 Å². The van der Waals surface area contributed by atoms with E-state index in [1.807, 2.05) is 6.08 Å². The maximum absolute atomic E-state index is 8.84. The van der Waals surface area contributed by atoms with E-state index in [9.17, 15) is 0 Å². The quantitative estimate of drug-likeness (QED) is 0.344. The van der Waals surface area contributed by atoms with Gasteiger partial charge in [-0.1, -0.05) is 51.9 Å². The van der Waals surface area contributed by atoms with Gasteiger partial charge in [0.2, 0.25) is 0 Å². The van der Waals surface area contributed by atoms with Crippen molar-refractivity contribution in [2.24, 2.45) is 0 Å². The van der Waals surface area contributed by atoms with Crippen molar-refractivity contribution in [3.63, 3.8) is 0 Å². The summed E-state index contributed by atoms with van der Waals surface area (Å²) in [5, 5.41) is 8.84. The molecule has 1 heterocycles. The van der Waals surface area contributed by atoms with E-state index in [-0.39, 0.29) is 11.9 Å². The van der Waals surface area contributed by atoms with E-state index in [4.69, 9.17) is 9.84 Å². The molecule has 0 bridgehead atoms. The molecule has 0 radical (unpaired) electrons. The first-order valence-electron chi connectivity index (χ1n) is 6.94. The molecule has 18 heavy (non-hydrogen) atoms. The van der Waals surface area contributed by atoms with Crippen LogP contribution in [0.3, 0.4) is 0 Å². The van der Waals surface area contributed by atoms with Crippen LogP contribution >= 0.6 is 0 Å². The minimum Gasteiger partial charge on any atom is -0.473 e. The Kier molecular flexibility index (Phi) is 7.93. The second kappa shape index (κ2) is 9.68. The third-order valence-corrected chi connectivity index (χ3v) is 2.87. The largest absolute Gasteiger partial charge is 0.473 e. The molecule has 4 nitrogen and oxygen atoms in total. The number of unbranched alkanes of at least 4 members (excludes halogenated alkanes) is 8. The van der Waals surface area contributed by atoms with Gasteiger partial charge >= 0.3 is 11.9 Å². The Labute approximate surface area is 109 Å². The zero-order valence-corrected chi connectivity index (χ0v) is 11.2. The summed E-state index contributed by atoms with van der Waals surface area (Å²) in [5.74, 6) is -0.270. The summed E-state index contributed by atoms with van der Waals surface area (Å²) in [7, 11) is 0. The molecule has 0 aliphatic rings. The first-order chi connectivity index (χ1) is 8.84. The van der Waals surface area contributed by atoms with Crippen LogP contribution in [0.4, 0.5) is 0 Å². The Hall–Kier alpha value is -1.32. The Morgan fingerprint density at radius 2 is 1.67 bits per heavy atom. The van der Waals surface area contributed by atoms with Crippen molar-refractivity contribution in [3.8, 4) is 11.9 Å². The number of rotatable bonds is 11. The number of allylic oxidation sites excluding steroid dienone is 1. The Bertz CT molecular complexity index is 311. The fraction of sp³-hybridized carbons (Fsp3) is 0.714. The van der Waals surface area contributed by atoms with Crippen LogP contribution in [-0.2, 0) is 0 Å². The van der Waals surface area contributed by atoms with E-state index in [0.717, 1.165) is 6.42 Å². The van der Waals surface area contributed by atoms with Gasteiger partial charge in [0.15, 0.2) is 0 Å². The predicted octanol–water partition coefficient (Wildman–Crippen LogP) is 5.00. The summed E-state index contributed by atoms with van der Waals surface area (Å²) in [6.07, 6.45) is 15.0. The zero-order chi connectivity index (χ0) is 13.1. The molecule has 0 saturated heterocycles. The molecule has 0 aliphatic heterocycles. The number of hydrogen-bond acceptors (Lipinski definition) is 4. The van der Waals surface area contributed by atoms with Gasteiger partial charge in [0.05, 0.1) is 6.26 Å². The van der Waals surface area contributed by atoms with Gasteiger partial charge in [-0.15, -0.1) is 0 Å². The van der Waals surface area contributed by atoms with E-state index < -0.39 is 0 Å². The lowest BCUT2D eigenvalue weighted by Crippen LogP contribution is -1.85. The van der Waals surface area contributed by atoms with E-state index in [1.54, 1.807) is 0 Å². The summed E-state index contributed by atoms with van der Waals surface area (Å²) in [4.78, 5) is 0. The number of aromatic hydroxyl groups is 1. The molecule has 0 unspecified atom stereocenters. The molecule has 0 aliphatic carbocycles. The maximum atomic E-state index is 8.84. The van der Waals surface area contributed by atoms with Gasteiger partial charge in [-0.3, -0.25) is 0 Å². The lowest BCUT2D eigenvalue weighted by molar-refractivity contribution is -0.0660. The molecule has 0 spiro atoms. The van der Waals surface area contributed by atoms with Crippen molar-refractivity contribution in [2.75, 3.05) is 0 Å². The van der Waals surface area contributed by atoms with Crippen molar-refractivity contribution in [1.29, 1.82) is 0 Å². The zero-order valence-electron chi connectivity index (χ0n) is 11.2. The van der Waals surface area contributed by atoms with E-state index >= 15 is 0 Å². The monoisotopic (exact) mass is 256 g/mol. The van der Waals surface area contributed by atoms with Gasteiger partial charge in [0.1, 0.15) is 0 Å². The first kappa shape index (κ1) is 14.7. The minimum atomic E-state index is -0.299. The molecule has 104 valence electrons. The smallest absolute Gasteiger partial charge is 0.422 e. The molecule has 1 aromatic heterocycles. The number of ether oxygens (including phenoxy) is 1. The van der Waals surface area contributed by atoms with Crippen LogP contribution in [0.1, 0.15) is 64.7 Å². The fourth-order valence-electron chi connectivity index (χ4n) is 1.76. The van der Waals surface area contributed by atoms with Crippen molar-refractivity contribution in [3.05, 3.63) is 12.3 Å². The topological polar surface area (TPSA) is 55.7 Å². The summed E-state index contributed by atoms with van der Waals surface area (Å²) in [5.41, 5.74) is 0. The van der Waals surface area contributed by atoms with Crippen LogP contribution in [0.2, 0.25) is 0 Å². The molecule has 0 amide bonds. The highest BCUT2D eigenvalue weighted by molar-refractivity contribution is 5.15. The molecule has 1 N–H and O–H groups in total. The molecular formula is C14H24O4. The highest BCUT2D eigenvalue weighted by Crippen LogP contribution is 2.30. The highest BCUT2D eigenvalue weighted by Gasteiger charge is 2.12. The molecule has 4 heteroatoms. The van der Waals surface area contributed by atoms with Gasteiger partial charge in [-0.25, -0.2) is 9.15 Å². The van der Waals surface area contributed by atoms with Gasteiger partial charge in [0.25, 0.3) is 0 Å². The van der Waals surface area contributed by atoms with E-state index in [2.05, 4.69) is 16.1 Å².